The Morgan fingerprint density at radius 1 is 1.14 bits per heavy atom. The Balaban J connectivity index is 2.10. The zero-order valence-corrected chi connectivity index (χ0v) is 13.1. The van der Waals surface area contributed by atoms with Crippen molar-refractivity contribution in [2.75, 3.05) is 38.1 Å². The van der Waals surface area contributed by atoms with Gasteiger partial charge in [0.15, 0.2) is 0 Å². The number of halogens is 2. The maximum atomic E-state index is 14.2. The second-order valence-electron chi connectivity index (χ2n) is 5.72. The lowest BCUT2D eigenvalue weighted by atomic mass is 10.1. The molecule has 1 unspecified atom stereocenters. The summed E-state index contributed by atoms with van der Waals surface area (Å²) in [4.78, 5) is 4.20. The molecule has 1 aromatic carbocycles. The molecule has 1 atom stereocenters. The molecule has 1 aliphatic rings. The molecule has 0 spiro atoms. The smallest absolute Gasteiger partial charge is 0.149 e. The van der Waals surface area contributed by atoms with Crippen LogP contribution in [0.2, 0.25) is 0 Å². The van der Waals surface area contributed by atoms with E-state index in [0.717, 1.165) is 19.5 Å². The van der Waals surface area contributed by atoms with Gasteiger partial charge in [-0.2, -0.15) is 0 Å². The van der Waals surface area contributed by atoms with Gasteiger partial charge in [-0.25, -0.2) is 8.78 Å². The summed E-state index contributed by atoms with van der Waals surface area (Å²) in [5.74, 6) is -0.922. The number of hydrogen-bond acceptors (Lipinski definition) is 3. The summed E-state index contributed by atoms with van der Waals surface area (Å²) in [5.41, 5.74) is 0.758. The summed E-state index contributed by atoms with van der Waals surface area (Å²) in [6, 6.07) is 3.38. The predicted octanol–water partition coefficient (Wildman–Crippen LogP) is 2.60. The molecule has 0 bridgehead atoms. The summed E-state index contributed by atoms with van der Waals surface area (Å²) >= 11 is 0. The van der Waals surface area contributed by atoms with E-state index >= 15 is 0 Å². The minimum absolute atomic E-state index is 0.124. The van der Waals surface area contributed by atoms with Crippen molar-refractivity contribution >= 4 is 5.69 Å². The third-order valence-electron chi connectivity index (χ3n) is 4.30. The minimum Gasteiger partial charge on any atom is -0.364 e. The van der Waals surface area contributed by atoms with Crippen LogP contribution in [0.4, 0.5) is 14.5 Å². The molecule has 2 rings (SSSR count). The number of nitrogens with zero attached hydrogens (tertiary/aromatic N) is 2. The quantitative estimate of drug-likeness (QED) is 0.901. The number of hydrogen-bond donors (Lipinski definition) is 1. The van der Waals surface area contributed by atoms with Crippen molar-refractivity contribution in [1.29, 1.82) is 0 Å². The van der Waals surface area contributed by atoms with Gasteiger partial charge in [-0.3, -0.25) is 4.90 Å². The van der Waals surface area contributed by atoms with Gasteiger partial charge in [0.05, 0.1) is 0 Å². The highest BCUT2D eigenvalue weighted by atomic mass is 19.1. The zero-order valence-electron chi connectivity index (χ0n) is 13.1. The SMILES string of the molecule is CCC(C)N1CCN(c2c(F)cc(CNC)cc2F)CC1. The molecule has 118 valence electrons. The van der Waals surface area contributed by atoms with Gasteiger partial charge in [-0.05, 0) is 38.1 Å². The molecule has 3 nitrogen and oxygen atoms in total. The first kappa shape index (κ1) is 16.2. The second-order valence-corrected chi connectivity index (χ2v) is 5.72. The summed E-state index contributed by atoms with van der Waals surface area (Å²) in [7, 11) is 1.76. The van der Waals surface area contributed by atoms with E-state index in [1.165, 1.54) is 12.1 Å². The average molecular weight is 297 g/mol. The summed E-state index contributed by atoms with van der Waals surface area (Å²) in [6.45, 7) is 7.88. The second kappa shape index (κ2) is 7.18. The Morgan fingerprint density at radius 2 is 1.71 bits per heavy atom. The number of benzene rings is 1. The van der Waals surface area contributed by atoms with Crippen LogP contribution in [-0.4, -0.2) is 44.2 Å². The van der Waals surface area contributed by atoms with Gasteiger partial charge in [-0.15, -0.1) is 0 Å². The van der Waals surface area contributed by atoms with Gasteiger partial charge in [0.1, 0.15) is 17.3 Å². The molecule has 21 heavy (non-hydrogen) atoms. The maximum Gasteiger partial charge on any atom is 0.149 e. The monoisotopic (exact) mass is 297 g/mol. The lowest BCUT2D eigenvalue weighted by molar-refractivity contribution is 0.192. The van der Waals surface area contributed by atoms with Crippen LogP contribution >= 0.6 is 0 Å². The Hall–Kier alpha value is -1.20. The normalized spacial score (nSPS) is 18.0. The highest BCUT2D eigenvalue weighted by Gasteiger charge is 2.24. The molecule has 1 heterocycles. The topological polar surface area (TPSA) is 18.5 Å². The fraction of sp³-hybridized carbons (Fsp3) is 0.625. The van der Waals surface area contributed by atoms with Crippen molar-refractivity contribution in [3.05, 3.63) is 29.3 Å². The fourth-order valence-electron chi connectivity index (χ4n) is 2.87. The van der Waals surface area contributed by atoms with E-state index in [9.17, 15) is 8.78 Å². The Kier molecular flexibility index (Phi) is 5.53. The number of piperazine rings is 1. The lowest BCUT2D eigenvalue weighted by Crippen LogP contribution is -2.50. The number of anilines is 1. The van der Waals surface area contributed by atoms with Crippen LogP contribution in [0.25, 0.3) is 0 Å². The predicted molar refractivity (Wildman–Crippen MR) is 82.7 cm³/mol. The van der Waals surface area contributed by atoms with E-state index in [2.05, 4.69) is 24.1 Å². The molecular weight excluding hydrogens is 272 g/mol. The van der Waals surface area contributed by atoms with Gasteiger partial charge in [0, 0.05) is 38.8 Å². The summed E-state index contributed by atoms with van der Waals surface area (Å²) in [5, 5.41) is 2.91. The summed E-state index contributed by atoms with van der Waals surface area (Å²) in [6.07, 6.45) is 1.10. The van der Waals surface area contributed by atoms with Gasteiger partial charge in [0.25, 0.3) is 0 Å². The first-order chi connectivity index (χ1) is 10.1. The molecule has 0 radical (unpaired) electrons. The van der Waals surface area contributed by atoms with Crippen LogP contribution in [0.1, 0.15) is 25.8 Å². The molecule has 0 aliphatic carbocycles. The van der Waals surface area contributed by atoms with Crippen LogP contribution < -0.4 is 10.2 Å². The van der Waals surface area contributed by atoms with E-state index in [-0.39, 0.29) is 5.69 Å². The highest BCUT2D eigenvalue weighted by molar-refractivity contribution is 5.51. The lowest BCUT2D eigenvalue weighted by Gasteiger charge is -2.39. The van der Waals surface area contributed by atoms with Gasteiger partial charge < -0.3 is 10.2 Å². The molecule has 0 amide bonds. The van der Waals surface area contributed by atoms with Gasteiger partial charge in [-0.1, -0.05) is 6.92 Å². The van der Waals surface area contributed by atoms with E-state index < -0.39 is 11.6 Å². The summed E-state index contributed by atoms with van der Waals surface area (Å²) < 4.78 is 28.4. The van der Waals surface area contributed by atoms with E-state index in [4.69, 9.17) is 0 Å². The van der Waals surface area contributed by atoms with Crippen molar-refractivity contribution in [3.63, 3.8) is 0 Å². The highest BCUT2D eigenvalue weighted by Crippen LogP contribution is 2.26. The van der Waals surface area contributed by atoms with Crippen LogP contribution in [0.3, 0.4) is 0 Å². The number of rotatable bonds is 5. The van der Waals surface area contributed by atoms with E-state index in [1.807, 2.05) is 4.90 Å². The molecule has 1 fully saturated rings. The molecule has 5 heteroatoms. The molecule has 1 N–H and O–H groups in total. The molecule has 0 aromatic heterocycles. The average Bonchev–Trinajstić information content (AvgIpc) is 2.47. The van der Waals surface area contributed by atoms with Crippen LogP contribution in [0.5, 0.6) is 0 Å². The molecular formula is C16H25F2N3. The Morgan fingerprint density at radius 3 is 2.19 bits per heavy atom. The standard InChI is InChI=1S/C16H25F2N3/c1-4-12(2)20-5-7-21(8-6-20)16-14(17)9-13(11-19-3)10-15(16)18/h9-10,12,19H,4-8,11H2,1-3H3. The van der Waals surface area contributed by atoms with Gasteiger partial charge >= 0.3 is 0 Å². The largest absolute Gasteiger partial charge is 0.364 e. The first-order valence-electron chi connectivity index (χ1n) is 7.68. The van der Waals surface area contributed by atoms with Crippen LogP contribution in [0, 0.1) is 11.6 Å². The van der Waals surface area contributed by atoms with E-state index in [1.54, 1.807) is 7.05 Å². The zero-order chi connectivity index (χ0) is 15.4. The van der Waals surface area contributed by atoms with Crippen molar-refractivity contribution in [1.82, 2.24) is 10.2 Å². The van der Waals surface area contributed by atoms with E-state index in [0.29, 0.717) is 31.2 Å². The molecule has 1 aliphatic heterocycles. The van der Waals surface area contributed by atoms with Crippen molar-refractivity contribution in [2.24, 2.45) is 0 Å². The first-order valence-corrected chi connectivity index (χ1v) is 7.68. The number of nitrogens with one attached hydrogen (secondary N) is 1. The van der Waals surface area contributed by atoms with Crippen LogP contribution in [0.15, 0.2) is 12.1 Å². The van der Waals surface area contributed by atoms with Crippen molar-refractivity contribution < 1.29 is 8.78 Å². The van der Waals surface area contributed by atoms with Crippen molar-refractivity contribution in [2.45, 2.75) is 32.9 Å². The minimum atomic E-state index is -0.461. The molecule has 1 aromatic rings. The van der Waals surface area contributed by atoms with Gasteiger partial charge in [0.2, 0.25) is 0 Å². The third kappa shape index (κ3) is 3.71. The Labute approximate surface area is 125 Å². The molecule has 0 saturated carbocycles. The fourth-order valence-corrected chi connectivity index (χ4v) is 2.87. The Bertz CT molecular complexity index is 448. The third-order valence-corrected chi connectivity index (χ3v) is 4.30. The molecule has 1 saturated heterocycles. The maximum absolute atomic E-state index is 14.2. The van der Waals surface area contributed by atoms with Crippen LogP contribution in [-0.2, 0) is 6.54 Å². The van der Waals surface area contributed by atoms with Crippen molar-refractivity contribution in [3.8, 4) is 0 Å².